The number of anilines is 1. The summed E-state index contributed by atoms with van der Waals surface area (Å²) in [7, 11) is 0. The van der Waals surface area contributed by atoms with Gasteiger partial charge in [0, 0.05) is 55.4 Å². The molecule has 0 radical (unpaired) electrons. The van der Waals surface area contributed by atoms with E-state index >= 15 is 0 Å². The number of rotatable bonds is 12. The van der Waals surface area contributed by atoms with Gasteiger partial charge >= 0.3 is 6.61 Å². The van der Waals surface area contributed by atoms with E-state index in [1.54, 1.807) is 18.5 Å². The SMILES string of the molecule is CCN(C[C@H]1CCN(CC2CCC2)C1)C(=O)Cn1cc(NC(=O)c2cnn3cccnc23)c(-c2cc(Cl)ccc2OC(F)F)n1. The standard InChI is InChI=1S/C31H35ClF2N8O3/c1-2-40(17-21-9-12-39(16-21)15-20-5-3-6-20)27(43)19-41-18-25(37-30(44)24-14-36-42-11-4-10-35-29(24)42)28(38-41)23-13-22(32)7-8-26(23)45-31(33)34/h4,7-8,10-11,13-14,18,20-21,31H,2-3,5-6,9,12,15-17,19H2,1H3,(H,37,44)/t21-/m0/s1. The zero-order valence-electron chi connectivity index (χ0n) is 24.9. The second-order valence-corrected chi connectivity index (χ2v) is 12.1. The molecule has 4 aromatic rings. The lowest BCUT2D eigenvalue weighted by Crippen LogP contribution is -2.38. The summed E-state index contributed by atoms with van der Waals surface area (Å²) >= 11 is 6.24. The van der Waals surface area contributed by atoms with Gasteiger partial charge in [0.2, 0.25) is 5.91 Å². The van der Waals surface area contributed by atoms with E-state index in [9.17, 15) is 18.4 Å². The first-order chi connectivity index (χ1) is 21.8. The monoisotopic (exact) mass is 640 g/mol. The van der Waals surface area contributed by atoms with Crippen molar-refractivity contribution in [1.82, 2.24) is 34.2 Å². The number of likely N-dealkylation sites (tertiary alicyclic amines) is 1. The van der Waals surface area contributed by atoms with E-state index in [1.807, 2.05) is 11.8 Å². The van der Waals surface area contributed by atoms with Crippen molar-refractivity contribution in [2.45, 2.75) is 45.8 Å². The lowest BCUT2D eigenvalue weighted by molar-refractivity contribution is -0.132. The smallest absolute Gasteiger partial charge is 0.387 e. The number of carbonyl (C=O) groups excluding carboxylic acids is 2. The van der Waals surface area contributed by atoms with E-state index in [1.165, 1.54) is 59.1 Å². The van der Waals surface area contributed by atoms with Crippen molar-refractivity contribution in [3.8, 4) is 17.0 Å². The molecule has 1 aliphatic carbocycles. The Morgan fingerprint density at radius 3 is 2.82 bits per heavy atom. The number of ether oxygens (including phenoxy) is 1. The molecule has 1 saturated heterocycles. The summed E-state index contributed by atoms with van der Waals surface area (Å²) in [6.45, 7) is 3.12. The van der Waals surface area contributed by atoms with Gasteiger partial charge in [0.1, 0.15) is 23.6 Å². The van der Waals surface area contributed by atoms with Gasteiger partial charge in [0.05, 0.1) is 11.9 Å². The Morgan fingerprint density at radius 1 is 1.22 bits per heavy atom. The number of amides is 2. The zero-order valence-corrected chi connectivity index (χ0v) is 25.7. The van der Waals surface area contributed by atoms with Crippen LogP contribution in [-0.2, 0) is 11.3 Å². The molecule has 0 bridgehead atoms. The number of likely N-dealkylation sites (N-methyl/N-ethyl adjacent to an activating group) is 1. The van der Waals surface area contributed by atoms with Gasteiger partial charge in [-0.15, -0.1) is 0 Å². The van der Waals surface area contributed by atoms with Crippen LogP contribution in [-0.4, -0.2) is 85.3 Å². The van der Waals surface area contributed by atoms with Crippen molar-refractivity contribution in [1.29, 1.82) is 0 Å². The normalized spacial score (nSPS) is 17.1. The molecule has 3 aromatic heterocycles. The fourth-order valence-corrected chi connectivity index (χ4v) is 6.25. The van der Waals surface area contributed by atoms with Gasteiger partial charge in [0.15, 0.2) is 5.65 Å². The lowest BCUT2D eigenvalue weighted by atomic mass is 9.85. The molecule has 2 aliphatic rings. The van der Waals surface area contributed by atoms with Crippen molar-refractivity contribution >= 4 is 34.7 Å². The molecule has 2 fully saturated rings. The predicted octanol–water partition coefficient (Wildman–Crippen LogP) is 5.07. The Bertz CT molecular complexity index is 1670. The van der Waals surface area contributed by atoms with E-state index in [-0.39, 0.29) is 45.7 Å². The van der Waals surface area contributed by atoms with Crippen LogP contribution in [0.5, 0.6) is 5.75 Å². The van der Waals surface area contributed by atoms with Crippen LogP contribution in [0.4, 0.5) is 14.5 Å². The minimum absolute atomic E-state index is 0.112. The van der Waals surface area contributed by atoms with Crippen LogP contribution in [0.15, 0.2) is 49.1 Å². The van der Waals surface area contributed by atoms with Crippen LogP contribution in [0, 0.1) is 11.8 Å². The average Bonchev–Trinajstić information content (AvgIpc) is 3.73. The van der Waals surface area contributed by atoms with Gasteiger partial charge in [-0.05, 0) is 68.8 Å². The highest BCUT2D eigenvalue weighted by molar-refractivity contribution is 6.31. The molecule has 2 amide bonds. The van der Waals surface area contributed by atoms with Crippen LogP contribution < -0.4 is 10.1 Å². The predicted molar refractivity (Wildman–Crippen MR) is 164 cm³/mol. The van der Waals surface area contributed by atoms with E-state index in [0.717, 1.165) is 32.0 Å². The van der Waals surface area contributed by atoms with Gasteiger partial charge in [-0.25, -0.2) is 9.50 Å². The molecule has 1 N–H and O–H groups in total. The van der Waals surface area contributed by atoms with Crippen molar-refractivity contribution in [3.63, 3.8) is 0 Å². The van der Waals surface area contributed by atoms with E-state index in [0.29, 0.717) is 24.7 Å². The summed E-state index contributed by atoms with van der Waals surface area (Å²) in [6.07, 6.45) is 11.1. The van der Waals surface area contributed by atoms with Gasteiger partial charge in [-0.2, -0.15) is 19.0 Å². The minimum atomic E-state index is -3.10. The summed E-state index contributed by atoms with van der Waals surface area (Å²) in [6, 6.07) is 5.83. The van der Waals surface area contributed by atoms with Gasteiger partial charge in [0.25, 0.3) is 5.91 Å². The van der Waals surface area contributed by atoms with Gasteiger partial charge < -0.3 is 19.9 Å². The molecule has 6 rings (SSSR count). The molecule has 11 nitrogen and oxygen atoms in total. The highest BCUT2D eigenvalue weighted by Crippen LogP contribution is 2.37. The van der Waals surface area contributed by atoms with Gasteiger partial charge in [-0.1, -0.05) is 18.0 Å². The quantitative estimate of drug-likeness (QED) is 0.230. The Balaban J connectivity index is 1.24. The molecule has 14 heteroatoms. The fourth-order valence-electron chi connectivity index (χ4n) is 6.08. The molecule has 1 saturated carbocycles. The number of fused-ring (bicyclic) bond motifs is 1. The average molecular weight is 641 g/mol. The van der Waals surface area contributed by atoms with Crippen LogP contribution in [0.1, 0.15) is 43.0 Å². The molecule has 0 unspecified atom stereocenters. The Hall–Kier alpha value is -4.10. The number of aromatic nitrogens is 5. The third kappa shape index (κ3) is 7.09. The number of hydrogen-bond acceptors (Lipinski definition) is 7. The number of hydrogen-bond donors (Lipinski definition) is 1. The van der Waals surface area contributed by atoms with Crippen LogP contribution in [0.3, 0.4) is 0 Å². The highest BCUT2D eigenvalue weighted by Gasteiger charge is 2.29. The Kier molecular flexibility index (Phi) is 9.27. The third-order valence-electron chi connectivity index (χ3n) is 8.57. The van der Waals surface area contributed by atoms with Crippen molar-refractivity contribution < 1.29 is 23.1 Å². The fraction of sp³-hybridized carbons (Fsp3) is 0.452. The number of alkyl halides is 2. The summed E-state index contributed by atoms with van der Waals surface area (Å²) < 4.78 is 34.2. The maximum atomic E-state index is 13.5. The summed E-state index contributed by atoms with van der Waals surface area (Å²) in [5.41, 5.74) is 0.951. The molecule has 1 atom stereocenters. The number of nitrogens with one attached hydrogen (secondary N) is 1. The Morgan fingerprint density at radius 2 is 2.07 bits per heavy atom. The topological polar surface area (TPSA) is 110 Å². The molecule has 0 spiro atoms. The third-order valence-corrected chi connectivity index (χ3v) is 8.80. The Labute approximate surface area is 264 Å². The molecule has 238 valence electrons. The molecule has 4 heterocycles. The number of carbonyl (C=O) groups is 2. The second-order valence-electron chi connectivity index (χ2n) is 11.7. The number of halogens is 3. The number of benzene rings is 1. The van der Waals surface area contributed by atoms with E-state index < -0.39 is 12.5 Å². The first-order valence-corrected chi connectivity index (χ1v) is 15.6. The first-order valence-electron chi connectivity index (χ1n) is 15.2. The molecule has 1 aliphatic heterocycles. The molecular weight excluding hydrogens is 606 g/mol. The van der Waals surface area contributed by atoms with E-state index in [4.69, 9.17) is 16.3 Å². The molecule has 1 aromatic carbocycles. The van der Waals surface area contributed by atoms with Crippen molar-refractivity contribution in [2.75, 3.05) is 38.0 Å². The maximum absolute atomic E-state index is 13.5. The molecule has 45 heavy (non-hydrogen) atoms. The second kappa shape index (κ2) is 13.5. The van der Waals surface area contributed by atoms with Crippen molar-refractivity contribution in [3.05, 3.63) is 59.6 Å². The summed E-state index contributed by atoms with van der Waals surface area (Å²) in [5.74, 6) is 0.353. The molecular formula is C31H35ClF2N8O3. The highest BCUT2D eigenvalue weighted by atomic mass is 35.5. The maximum Gasteiger partial charge on any atom is 0.387 e. The van der Waals surface area contributed by atoms with Crippen LogP contribution in [0.25, 0.3) is 16.9 Å². The van der Waals surface area contributed by atoms with E-state index in [2.05, 4.69) is 25.4 Å². The van der Waals surface area contributed by atoms with Gasteiger partial charge in [-0.3, -0.25) is 14.3 Å². The summed E-state index contributed by atoms with van der Waals surface area (Å²) in [4.78, 5) is 35.5. The number of nitrogens with zero attached hydrogens (tertiary/aromatic N) is 7. The minimum Gasteiger partial charge on any atom is -0.434 e. The first kappa shape index (κ1) is 30.9. The van der Waals surface area contributed by atoms with Crippen LogP contribution in [0.2, 0.25) is 5.02 Å². The lowest BCUT2D eigenvalue weighted by Gasteiger charge is -2.30. The largest absolute Gasteiger partial charge is 0.434 e. The summed E-state index contributed by atoms with van der Waals surface area (Å²) in [5, 5.41) is 11.8. The zero-order chi connectivity index (χ0) is 31.5. The van der Waals surface area contributed by atoms with Crippen LogP contribution >= 0.6 is 11.6 Å². The van der Waals surface area contributed by atoms with Crippen molar-refractivity contribution in [2.24, 2.45) is 11.8 Å².